The summed E-state index contributed by atoms with van der Waals surface area (Å²) in [6.07, 6.45) is 4.89. The monoisotopic (exact) mass is 389 g/mol. The largest absolute Gasteiger partial charge is 0.454 e. The maximum Gasteiger partial charge on any atom is 0.338 e. The van der Waals surface area contributed by atoms with Crippen molar-refractivity contribution in [1.29, 1.82) is 0 Å². The van der Waals surface area contributed by atoms with E-state index in [-0.39, 0.29) is 12.4 Å². The molecule has 1 aliphatic rings. The predicted molar refractivity (Wildman–Crippen MR) is 106 cm³/mol. The third-order valence-electron chi connectivity index (χ3n) is 4.94. The summed E-state index contributed by atoms with van der Waals surface area (Å²) in [4.78, 5) is 12.2. The number of esters is 1. The minimum absolute atomic E-state index is 0.0315. The Bertz CT molecular complexity index is 1040. The van der Waals surface area contributed by atoms with Crippen LogP contribution in [0, 0.1) is 23.6 Å². The normalized spacial score (nSPS) is 13.7. The molecule has 1 saturated carbocycles. The second-order valence-corrected chi connectivity index (χ2v) is 7.09. The average molecular weight is 389 g/mol. The Morgan fingerprint density at radius 2 is 1.83 bits per heavy atom. The van der Waals surface area contributed by atoms with Crippen molar-refractivity contribution in [3.8, 4) is 23.1 Å². The Morgan fingerprint density at radius 3 is 2.55 bits per heavy atom. The molecule has 0 bridgehead atoms. The van der Waals surface area contributed by atoms with E-state index in [0.29, 0.717) is 22.9 Å². The number of benzene rings is 2. The summed E-state index contributed by atoms with van der Waals surface area (Å²) < 4.78 is 23.5. The molecular weight excluding hydrogens is 369 g/mol. The van der Waals surface area contributed by atoms with E-state index in [1.165, 1.54) is 37.8 Å². The molecule has 146 valence electrons. The van der Waals surface area contributed by atoms with Crippen molar-refractivity contribution >= 4 is 5.97 Å². The van der Waals surface area contributed by atoms with E-state index in [9.17, 15) is 9.18 Å². The van der Waals surface area contributed by atoms with Gasteiger partial charge in [-0.05, 0) is 61.4 Å². The van der Waals surface area contributed by atoms with E-state index >= 15 is 0 Å². The first-order chi connectivity index (χ1) is 14.2. The summed E-state index contributed by atoms with van der Waals surface area (Å²) in [6, 6.07) is 14.7. The number of hydrogen-bond acceptors (Lipinski definition) is 4. The minimum Gasteiger partial charge on any atom is -0.454 e. The van der Waals surface area contributed by atoms with Crippen LogP contribution in [0.2, 0.25) is 0 Å². The molecule has 0 N–H and O–H groups in total. The second kappa shape index (κ2) is 8.74. The molecule has 0 atom stereocenters. The van der Waals surface area contributed by atoms with Crippen molar-refractivity contribution in [2.24, 2.45) is 5.92 Å². The van der Waals surface area contributed by atoms with Gasteiger partial charge in [0.25, 0.3) is 0 Å². The molecule has 2 aromatic carbocycles. The van der Waals surface area contributed by atoms with E-state index in [4.69, 9.17) is 9.26 Å². The van der Waals surface area contributed by atoms with Crippen LogP contribution in [-0.4, -0.2) is 11.1 Å². The van der Waals surface area contributed by atoms with Gasteiger partial charge in [-0.25, -0.2) is 9.18 Å². The van der Waals surface area contributed by atoms with E-state index in [1.54, 1.807) is 30.3 Å². The maximum atomic E-state index is 13.0. The van der Waals surface area contributed by atoms with Crippen LogP contribution in [0.25, 0.3) is 11.3 Å². The van der Waals surface area contributed by atoms with Gasteiger partial charge < -0.3 is 9.26 Å². The molecule has 4 nitrogen and oxygen atoms in total. The Balaban J connectivity index is 1.33. The lowest BCUT2D eigenvalue weighted by atomic mass is 10.1. The molecule has 0 saturated heterocycles. The summed E-state index contributed by atoms with van der Waals surface area (Å²) >= 11 is 0. The van der Waals surface area contributed by atoms with Gasteiger partial charge >= 0.3 is 5.97 Å². The standard InChI is InChI=1S/C24H20FNO3/c25-21-13-11-19(12-14-21)23-15-22(29-26-23)16-28-24(27)20-9-7-18(8-10-20)6-5-17-3-1-2-4-17/h7-15,17H,1-4,16H2. The van der Waals surface area contributed by atoms with Gasteiger partial charge in [-0.1, -0.05) is 29.8 Å². The van der Waals surface area contributed by atoms with E-state index < -0.39 is 5.97 Å². The lowest BCUT2D eigenvalue weighted by molar-refractivity contribution is 0.0437. The first-order valence-corrected chi connectivity index (χ1v) is 9.68. The van der Waals surface area contributed by atoms with Gasteiger partial charge in [0.15, 0.2) is 12.4 Å². The molecule has 0 spiro atoms. The third kappa shape index (κ3) is 4.91. The molecule has 0 amide bonds. The highest BCUT2D eigenvalue weighted by atomic mass is 19.1. The smallest absolute Gasteiger partial charge is 0.338 e. The quantitative estimate of drug-likeness (QED) is 0.444. The van der Waals surface area contributed by atoms with Crippen LogP contribution in [-0.2, 0) is 11.3 Å². The number of ether oxygens (including phenoxy) is 1. The van der Waals surface area contributed by atoms with Gasteiger partial charge in [0.2, 0.25) is 0 Å². The molecular formula is C24H20FNO3. The van der Waals surface area contributed by atoms with Gasteiger partial charge in [0, 0.05) is 23.1 Å². The number of nitrogens with zero attached hydrogens (tertiary/aromatic N) is 1. The lowest BCUT2D eigenvalue weighted by Crippen LogP contribution is -2.04. The lowest BCUT2D eigenvalue weighted by Gasteiger charge is -2.02. The molecule has 1 heterocycles. The molecule has 0 radical (unpaired) electrons. The Labute approximate surface area is 168 Å². The molecule has 0 unspecified atom stereocenters. The third-order valence-corrected chi connectivity index (χ3v) is 4.94. The molecule has 4 rings (SSSR count). The van der Waals surface area contributed by atoms with Crippen molar-refractivity contribution in [2.45, 2.75) is 32.3 Å². The molecule has 0 aliphatic heterocycles. The van der Waals surface area contributed by atoms with Gasteiger partial charge in [0.05, 0.1) is 5.56 Å². The summed E-state index contributed by atoms with van der Waals surface area (Å²) in [6.45, 7) is -0.0315. The first-order valence-electron chi connectivity index (χ1n) is 9.68. The highest BCUT2D eigenvalue weighted by molar-refractivity contribution is 5.89. The average Bonchev–Trinajstić information content (AvgIpc) is 3.44. The Morgan fingerprint density at radius 1 is 1.10 bits per heavy atom. The highest BCUT2D eigenvalue weighted by Crippen LogP contribution is 2.24. The van der Waals surface area contributed by atoms with Crippen molar-refractivity contribution in [1.82, 2.24) is 5.16 Å². The van der Waals surface area contributed by atoms with Gasteiger partial charge in [-0.3, -0.25) is 0 Å². The second-order valence-electron chi connectivity index (χ2n) is 7.09. The van der Waals surface area contributed by atoms with Crippen molar-refractivity contribution < 1.29 is 18.4 Å². The molecule has 3 aromatic rings. The van der Waals surface area contributed by atoms with Crippen LogP contribution in [0.1, 0.15) is 47.4 Å². The Kier molecular flexibility index (Phi) is 5.71. The van der Waals surface area contributed by atoms with Crippen LogP contribution in [0.3, 0.4) is 0 Å². The SMILES string of the molecule is O=C(OCc1cc(-c2ccc(F)cc2)no1)c1ccc(C#CC2CCCC2)cc1. The zero-order chi connectivity index (χ0) is 20.1. The van der Waals surface area contributed by atoms with Crippen LogP contribution >= 0.6 is 0 Å². The fourth-order valence-corrected chi connectivity index (χ4v) is 3.30. The van der Waals surface area contributed by atoms with Crippen molar-refractivity contribution in [3.05, 3.63) is 77.3 Å². The van der Waals surface area contributed by atoms with E-state index in [0.717, 1.165) is 11.1 Å². The fraction of sp³-hybridized carbons (Fsp3) is 0.250. The zero-order valence-electron chi connectivity index (χ0n) is 15.9. The molecule has 5 heteroatoms. The maximum absolute atomic E-state index is 13.0. The first kappa shape index (κ1) is 18.9. The summed E-state index contributed by atoms with van der Waals surface area (Å²) in [5.41, 5.74) is 2.63. The van der Waals surface area contributed by atoms with Crippen LogP contribution in [0.5, 0.6) is 0 Å². The van der Waals surface area contributed by atoms with Gasteiger partial charge in [0.1, 0.15) is 11.5 Å². The van der Waals surface area contributed by atoms with Crippen molar-refractivity contribution in [3.63, 3.8) is 0 Å². The van der Waals surface area contributed by atoms with Crippen LogP contribution in [0.15, 0.2) is 59.1 Å². The van der Waals surface area contributed by atoms with E-state index in [2.05, 4.69) is 17.0 Å². The summed E-state index contributed by atoms with van der Waals surface area (Å²) in [7, 11) is 0. The highest BCUT2D eigenvalue weighted by Gasteiger charge is 2.13. The van der Waals surface area contributed by atoms with Crippen molar-refractivity contribution in [2.75, 3.05) is 0 Å². The molecule has 29 heavy (non-hydrogen) atoms. The number of carbonyl (C=O) groups excluding carboxylic acids is 1. The van der Waals surface area contributed by atoms with Crippen LogP contribution in [0.4, 0.5) is 4.39 Å². The zero-order valence-corrected chi connectivity index (χ0v) is 15.9. The predicted octanol–water partition coefficient (Wildman–Crippen LogP) is 5.38. The minimum atomic E-state index is -0.444. The fourth-order valence-electron chi connectivity index (χ4n) is 3.30. The molecule has 1 aliphatic carbocycles. The van der Waals surface area contributed by atoms with E-state index in [1.807, 2.05) is 12.1 Å². The summed E-state index contributed by atoms with van der Waals surface area (Å²) in [5.74, 6) is 6.64. The number of carbonyl (C=O) groups is 1. The molecule has 1 fully saturated rings. The summed E-state index contributed by atoms with van der Waals surface area (Å²) in [5, 5.41) is 3.93. The number of halogens is 1. The van der Waals surface area contributed by atoms with Gasteiger partial charge in [-0.2, -0.15) is 0 Å². The van der Waals surface area contributed by atoms with Crippen LogP contribution < -0.4 is 0 Å². The number of hydrogen-bond donors (Lipinski definition) is 0. The number of rotatable bonds is 4. The Hall–Kier alpha value is -3.39. The van der Waals surface area contributed by atoms with Gasteiger partial charge in [-0.15, -0.1) is 0 Å². The topological polar surface area (TPSA) is 52.3 Å². The molecule has 1 aromatic heterocycles. The number of aromatic nitrogens is 1.